The normalized spacial score (nSPS) is 17.4. The largest absolute Gasteiger partial charge is 0.344 e. The molecule has 0 unspecified atom stereocenters. The second kappa shape index (κ2) is 16.9. The van der Waals surface area contributed by atoms with Crippen molar-refractivity contribution in [2.45, 2.75) is 76.4 Å². The smallest absolute Gasteiger partial charge is 0.270 e. The summed E-state index contributed by atoms with van der Waals surface area (Å²) >= 11 is 0. The number of carbonyl (C=O) groups excluding carboxylic acids is 4. The topological polar surface area (TPSA) is 129 Å². The van der Waals surface area contributed by atoms with Gasteiger partial charge in [0.2, 0.25) is 17.7 Å². The zero-order valence-corrected chi connectivity index (χ0v) is 27.2. The molecule has 0 radical (unpaired) electrons. The van der Waals surface area contributed by atoms with Gasteiger partial charge in [0.25, 0.3) is 5.91 Å². The van der Waals surface area contributed by atoms with Crippen LogP contribution < -0.4 is 16.0 Å². The van der Waals surface area contributed by atoms with Crippen molar-refractivity contribution in [3.05, 3.63) is 73.1 Å². The Hall–Kier alpha value is -4.25. The first kappa shape index (κ1) is 34.6. The number of hydrogen-bond donors (Lipinski definition) is 3. The van der Waals surface area contributed by atoms with Crippen LogP contribution in [0.1, 0.15) is 74.0 Å². The second-order valence-corrected chi connectivity index (χ2v) is 12.3. The highest BCUT2D eigenvalue weighted by Gasteiger charge is 2.32. The van der Waals surface area contributed by atoms with E-state index >= 15 is 0 Å². The molecule has 11 heteroatoms. The Morgan fingerprint density at radius 2 is 1.59 bits per heavy atom. The van der Waals surface area contributed by atoms with E-state index < -0.39 is 12.1 Å². The van der Waals surface area contributed by atoms with Crippen LogP contribution in [0.3, 0.4) is 0 Å². The van der Waals surface area contributed by atoms with Gasteiger partial charge in [-0.2, -0.15) is 5.10 Å². The Kier molecular flexibility index (Phi) is 12.7. The number of rotatable bonds is 13. The summed E-state index contributed by atoms with van der Waals surface area (Å²) < 4.78 is 1.54. The van der Waals surface area contributed by atoms with Gasteiger partial charge < -0.3 is 25.8 Å². The SMILES string of the molecule is C=CC(C=C)n1nccc1C(=O)N[C@H](C(=O)Nc1ccc(C[C@@H](NC(=O)CC)C(=O)N2CCN(C)CC2)cc1)C1CCCCCC1. The Morgan fingerprint density at radius 3 is 2.20 bits per heavy atom. The molecule has 1 aromatic carbocycles. The van der Waals surface area contributed by atoms with Crippen LogP contribution in [0.2, 0.25) is 0 Å². The molecule has 248 valence electrons. The molecular weight excluding hydrogens is 582 g/mol. The van der Waals surface area contributed by atoms with Gasteiger partial charge in [-0.15, -0.1) is 13.2 Å². The molecule has 1 aliphatic heterocycles. The first-order valence-electron chi connectivity index (χ1n) is 16.5. The van der Waals surface area contributed by atoms with Crippen molar-refractivity contribution in [1.82, 2.24) is 30.2 Å². The molecule has 4 amide bonds. The summed E-state index contributed by atoms with van der Waals surface area (Å²) in [6.45, 7) is 12.2. The maximum atomic E-state index is 13.8. The van der Waals surface area contributed by atoms with Crippen molar-refractivity contribution in [3.8, 4) is 0 Å². The minimum atomic E-state index is -0.727. The number of aromatic nitrogens is 2. The fourth-order valence-corrected chi connectivity index (χ4v) is 6.21. The van der Waals surface area contributed by atoms with Crippen LogP contribution in [0.4, 0.5) is 5.69 Å². The van der Waals surface area contributed by atoms with Crippen LogP contribution in [0.25, 0.3) is 0 Å². The van der Waals surface area contributed by atoms with Crippen LogP contribution >= 0.6 is 0 Å². The molecular formula is C35H49N7O4. The summed E-state index contributed by atoms with van der Waals surface area (Å²) in [6, 6.07) is 7.20. The lowest BCUT2D eigenvalue weighted by atomic mass is 9.91. The average Bonchev–Trinajstić information content (AvgIpc) is 3.39. The van der Waals surface area contributed by atoms with Gasteiger partial charge in [-0.05, 0) is 49.6 Å². The van der Waals surface area contributed by atoms with Crippen molar-refractivity contribution >= 4 is 29.3 Å². The summed E-state index contributed by atoms with van der Waals surface area (Å²) in [5.74, 6) is -0.906. The number of amides is 4. The number of piperazine rings is 1. The van der Waals surface area contributed by atoms with Crippen molar-refractivity contribution < 1.29 is 19.2 Å². The highest BCUT2D eigenvalue weighted by atomic mass is 16.2. The maximum absolute atomic E-state index is 13.8. The lowest BCUT2D eigenvalue weighted by molar-refractivity contribution is -0.137. The number of carbonyl (C=O) groups is 4. The molecule has 2 heterocycles. The molecule has 11 nitrogen and oxygen atoms in total. The zero-order valence-electron chi connectivity index (χ0n) is 27.2. The molecule has 2 aliphatic rings. The standard InChI is InChI=1S/C35H49N7O4/c1-5-28(6-2)42-30(18-19-36-42)33(44)39-32(26-12-10-8-9-11-13-26)34(45)37-27-16-14-25(15-17-27)24-29(38-31(43)7-3)35(46)41-22-20-40(4)21-23-41/h5-6,14-19,26,28-29,32H,1-2,7-13,20-24H2,3-4H3,(H,37,45)(H,38,43)(H,39,44)/t29-,32+/m1/s1. The third kappa shape index (κ3) is 9.15. The highest BCUT2D eigenvalue weighted by molar-refractivity contribution is 6.00. The second-order valence-electron chi connectivity index (χ2n) is 12.3. The molecule has 1 saturated heterocycles. The summed E-state index contributed by atoms with van der Waals surface area (Å²) in [6.07, 6.45) is 11.4. The van der Waals surface area contributed by atoms with E-state index in [1.165, 1.54) is 0 Å². The number of likely N-dealkylation sites (N-methyl/N-ethyl adjacent to an activating group) is 1. The summed E-state index contributed by atoms with van der Waals surface area (Å²) in [7, 11) is 2.03. The number of nitrogens with zero attached hydrogens (tertiary/aromatic N) is 4. The molecule has 2 atom stereocenters. The van der Waals surface area contributed by atoms with Gasteiger partial charge in [-0.1, -0.05) is 56.9 Å². The van der Waals surface area contributed by atoms with Crippen LogP contribution in [0, 0.1) is 5.92 Å². The molecule has 0 spiro atoms. The first-order valence-corrected chi connectivity index (χ1v) is 16.5. The molecule has 2 fully saturated rings. The van der Waals surface area contributed by atoms with E-state index in [0.29, 0.717) is 37.3 Å². The Labute approximate surface area is 272 Å². The van der Waals surface area contributed by atoms with Gasteiger partial charge in [0.05, 0.1) is 6.04 Å². The van der Waals surface area contributed by atoms with Gasteiger partial charge >= 0.3 is 0 Å². The minimum absolute atomic E-state index is 0.000206. The van der Waals surface area contributed by atoms with E-state index in [1.54, 1.807) is 48.2 Å². The van der Waals surface area contributed by atoms with Crippen LogP contribution in [0.5, 0.6) is 0 Å². The van der Waals surface area contributed by atoms with E-state index in [-0.39, 0.29) is 35.6 Å². The molecule has 1 aliphatic carbocycles. The molecule has 2 aromatic rings. The van der Waals surface area contributed by atoms with E-state index in [0.717, 1.165) is 57.2 Å². The Balaban J connectivity index is 1.47. The molecule has 1 saturated carbocycles. The number of benzene rings is 1. The third-order valence-electron chi connectivity index (χ3n) is 9.04. The average molecular weight is 632 g/mol. The molecule has 1 aromatic heterocycles. The van der Waals surface area contributed by atoms with Gasteiger partial charge in [0.1, 0.15) is 17.8 Å². The maximum Gasteiger partial charge on any atom is 0.270 e. The number of nitrogens with one attached hydrogen (secondary N) is 3. The van der Waals surface area contributed by atoms with Crippen LogP contribution in [0.15, 0.2) is 61.8 Å². The Morgan fingerprint density at radius 1 is 0.935 bits per heavy atom. The summed E-state index contributed by atoms with van der Waals surface area (Å²) in [5, 5.41) is 13.2. The van der Waals surface area contributed by atoms with E-state index in [9.17, 15) is 19.2 Å². The van der Waals surface area contributed by atoms with Crippen molar-refractivity contribution in [1.29, 1.82) is 0 Å². The first-order chi connectivity index (χ1) is 22.2. The fourth-order valence-electron chi connectivity index (χ4n) is 6.21. The summed E-state index contributed by atoms with van der Waals surface area (Å²) in [5.41, 5.74) is 1.78. The zero-order chi connectivity index (χ0) is 33.1. The molecule has 3 N–H and O–H groups in total. The Bertz CT molecular complexity index is 1350. The fraction of sp³-hybridized carbons (Fsp3) is 0.514. The third-order valence-corrected chi connectivity index (χ3v) is 9.04. The molecule has 46 heavy (non-hydrogen) atoms. The highest BCUT2D eigenvalue weighted by Crippen LogP contribution is 2.27. The van der Waals surface area contributed by atoms with Gasteiger partial charge in [0.15, 0.2) is 0 Å². The molecule has 4 rings (SSSR count). The summed E-state index contributed by atoms with van der Waals surface area (Å²) in [4.78, 5) is 57.0. The predicted molar refractivity (Wildman–Crippen MR) is 179 cm³/mol. The lowest BCUT2D eigenvalue weighted by Gasteiger charge is -2.34. The predicted octanol–water partition coefficient (Wildman–Crippen LogP) is 3.72. The van der Waals surface area contributed by atoms with Gasteiger partial charge in [-0.3, -0.25) is 19.2 Å². The van der Waals surface area contributed by atoms with Gasteiger partial charge in [-0.25, -0.2) is 4.68 Å². The minimum Gasteiger partial charge on any atom is -0.344 e. The van der Waals surface area contributed by atoms with Crippen molar-refractivity contribution in [3.63, 3.8) is 0 Å². The van der Waals surface area contributed by atoms with E-state index in [2.05, 4.69) is 39.1 Å². The van der Waals surface area contributed by atoms with Gasteiger partial charge in [0, 0.05) is 50.9 Å². The van der Waals surface area contributed by atoms with Crippen molar-refractivity contribution in [2.24, 2.45) is 5.92 Å². The molecule has 0 bridgehead atoms. The number of hydrogen-bond acceptors (Lipinski definition) is 6. The van der Waals surface area contributed by atoms with Crippen LogP contribution in [-0.2, 0) is 20.8 Å². The monoisotopic (exact) mass is 631 g/mol. The number of anilines is 1. The van der Waals surface area contributed by atoms with Crippen molar-refractivity contribution in [2.75, 3.05) is 38.5 Å². The quantitative estimate of drug-likeness (QED) is 0.228. The lowest BCUT2D eigenvalue weighted by Crippen LogP contribution is -2.54. The van der Waals surface area contributed by atoms with E-state index in [4.69, 9.17) is 0 Å². The van der Waals surface area contributed by atoms with Crippen LogP contribution in [-0.4, -0.2) is 88.5 Å². The number of allylic oxidation sites excluding steroid dienone is 2. The van der Waals surface area contributed by atoms with E-state index in [1.807, 2.05) is 24.1 Å².